The summed E-state index contributed by atoms with van der Waals surface area (Å²) in [7, 11) is 0. The smallest absolute Gasteiger partial charge is 0.169 e. The molecule has 0 atom stereocenters. The van der Waals surface area contributed by atoms with Crippen LogP contribution in [0.2, 0.25) is 0 Å². The summed E-state index contributed by atoms with van der Waals surface area (Å²) in [6, 6.07) is 16.9. The van der Waals surface area contributed by atoms with Crippen LogP contribution < -0.4 is 9.47 Å². The van der Waals surface area contributed by atoms with Crippen LogP contribution in [-0.2, 0) is 0 Å². The van der Waals surface area contributed by atoms with E-state index in [9.17, 15) is 0 Å². The van der Waals surface area contributed by atoms with E-state index >= 15 is 0 Å². The fourth-order valence-electron chi connectivity index (χ4n) is 2.65. The third-order valence-corrected chi connectivity index (χ3v) is 3.62. The molecule has 0 heterocycles. The summed E-state index contributed by atoms with van der Waals surface area (Å²) < 4.78 is 12.0. The lowest BCUT2D eigenvalue weighted by Gasteiger charge is -2.17. The van der Waals surface area contributed by atoms with Gasteiger partial charge in [-0.3, -0.25) is 0 Å². The van der Waals surface area contributed by atoms with Gasteiger partial charge in [-0.25, -0.2) is 0 Å². The van der Waals surface area contributed by atoms with Gasteiger partial charge >= 0.3 is 0 Å². The molecule has 0 aliphatic rings. The molecule has 0 unspecified atom stereocenters. The quantitative estimate of drug-likeness (QED) is 0.573. The molecule has 3 rings (SSSR count). The fraction of sp³-hybridized carbons (Fsp3) is 0.300. The van der Waals surface area contributed by atoms with Crippen LogP contribution in [-0.4, -0.2) is 12.7 Å². The molecular weight excluding hydrogens is 272 g/mol. The van der Waals surface area contributed by atoms with E-state index < -0.39 is 0 Å². The van der Waals surface area contributed by atoms with Gasteiger partial charge in [-0.2, -0.15) is 0 Å². The Balaban J connectivity index is 2.21. The lowest BCUT2D eigenvalue weighted by atomic mass is 10.0. The molecule has 0 amide bonds. The van der Waals surface area contributed by atoms with E-state index in [1.807, 2.05) is 19.9 Å². The zero-order valence-corrected chi connectivity index (χ0v) is 13.4. The van der Waals surface area contributed by atoms with Gasteiger partial charge in [-0.15, -0.1) is 0 Å². The van der Waals surface area contributed by atoms with Gasteiger partial charge in [0.05, 0.1) is 12.7 Å². The Kier molecular flexibility index (Phi) is 4.19. The average Bonchev–Trinajstić information content (AvgIpc) is 2.52. The van der Waals surface area contributed by atoms with Crippen LogP contribution in [0.15, 0.2) is 48.5 Å². The molecule has 3 aromatic rings. The zero-order chi connectivity index (χ0) is 15.5. The van der Waals surface area contributed by atoms with Crippen molar-refractivity contribution in [2.75, 3.05) is 6.61 Å². The third kappa shape index (κ3) is 2.87. The minimum Gasteiger partial charge on any atom is -0.490 e. The summed E-state index contributed by atoms with van der Waals surface area (Å²) >= 11 is 0. The monoisotopic (exact) mass is 294 g/mol. The highest BCUT2D eigenvalue weighted by Crippen LogP contribution is 2.38. The number of hydrogen-bond acceptors (Lipinski definition) is 2. The summed E-state index contributed by atoms with van der Waals surface area (Å²) in [5.74, 6) is 1.69. The zero-order valence-electron chi connectivity index (χ0n) is 13.4. The predicted molar refractivity (Wildman–Crippen MR) is 93.0 cm³/mol. The molecule has 114 valence electrons. The molecule has 0 N–H and O–H groups in total. The van der Waals surface area contributed by atoms with Gasteiger partial charge in [0.2, 0.25) is 0 Å². The van der Waals surface area contributed by atoms with Crippen LogP contribution in [0, 0.1) is 0 Å². The first-order valence-corrected chi connectivity index (χ1v) is 7.94. The minimum absolute atomic E-state index is 0.112. The summed E-state index contributed by atoms with van der Waals surface area (Å²) in [5, 5.41) is 4.75. The molecule has 0 fully saturated rings. The van der Waals surface area contributed by atoms with Crippen LogP contribution in [0.5, 0.6) is 11.5 Å². The summed E-state index contributed by atoms with van der Waals surface area (Å²) in [6.07, 6.45) is 1.10. The maximum atomic E-state index is 6.08. The summed E-state index contributed by atoms with van der Waals surface area (Å²) in [4.78, 5) is 0. The summed E-state index contributed by atoms with van der Waals surface area (Å²) in [6.45, 7) is 6.90. The Morgan fingerprint density at radius 2 is 1.64 bits per heavy atom. The summed E-state index contributed by atoms with van der Waals surface area (Å²) in [5.41, 5.74) is 0. The first-order chi connectivity index (χ1) is 10.7. The Labute approximate surface area is 131 Å². The number of fused-ring (bicyclic) bond motifs is 2. The van der Waals surface area contributed by atoms with E-state index in [1.165, 1.54) is 16.2 Å². The topological polar surface area (TPSA) is 18.5 Å². The molecular formula is C20H22O2. The third-order valence-electron chi connectivity index (χ3n) is 3.62. The van der Waals surface area contributed by atoms with E-state index in [4.69, 9.17) is 9.47 Å². The van der Waals surface area contributed by atoms with Crippen molar-refractivity contribution in [2.24, 2.45) is 0 Å². The molecule has 0 aliphatic carbocycles. The van der Waals surface area contributed by atoms with Gasteiger partial charge in [0, 0.05) is 5.39 Å². The average molecular weight is 294 g/mol. The molecule has 22 heavy (non-hydrogen) atoms. The SMILES string of the molecule is CCCOc1ccc2cc3ccccc3cc2c1OC(C)C. The molecule has 2 heteroatoms. The Bertz CT molecular complexity index is 790. The van der Waals surface area contributed by atoms with E-state index in [-0.39, 0.29) is 6.10 Å². The highest BCUT2D eigenvalue weighted by Gasteiger charge is 2.13. The number of hydrogen-bond donors (Lipinski definition) is 0. The van der Waals surface area contributed by atoms with Gasteiger partial charge in [0.15, 0.2) is 11.5 Å². The van der Waals surface area contributed by atoms with E-state index in [0.29, 0.717) is 6.61 Å². The molecule has 2 nitrogen and oxygen atoms in total. The lowest BCUT2D eigenvalue weighted by molar-refractivity contribution is 0.224. The fourth-order valence-corrected chi connectivity index (χ4v) is 2.65. The first-order valence-electron chi connectivity index (χ1n) is 7.94. The molecule has 0 radical (unpaired) electrons. The van der Waals surface area contributed by atoms with E-state index in [2.05, 4.69) is 49.4 Å². The molecule has 0 saturated carbocycles. The van der Waals surface area contributed by atoms with Crippen LogP contribution >= 0.6 is 0 Å². The maximum Gasteiger partial charge on any atom is 0.169 e. The van der Waals surface area contributed by atoms with Crippen LogP contribution in [0.1, 0.15) is 27.2 Å². The highest BCUT2D eigenvalue weighted by atomic mass is 16.5. The Hall–Kier alpha value is -2.22. The van der Waals surface area contributed by atoms with Crippen molar-refractivity contribution in [3.8, 4) is 11.5 Å². The van der Waals surface area contributed by atoms with Crippen molar-refractivity contribution in [3.05, 3.63) is 48.5 Å². The molecule has 0 saturated heterocycles. The normalized spacial score (nSPS) is 11.3. The van der Waals surface area contributed by atoms with Crippen molar-refractivity contribution in [1.82, 2.24) is 0 Å². The molecule has 0 aliphatic heterocycles. The van der Waals surface area contributed by atoms with Crippen LogP contribution in [0.25, 0.3) is 21.5 Å². The Morgan fingerprint density at radius 3 is 2.32 bits per heavy atom. The molecule has 0 aromatic heterocycles. The van der Waals surface area contributed by atoms with Gasteiger partial charge < -0.3 is 9.47 Å². The van der Waals surface area contributed by atoms with Crippen molar-refractivity contribution in [2.45, 2.75) is 33.3 Å². The highest BCUT2D eigenvalue weighted by molar-refractivity contribution is 6.01. The van der Waals surface area contributed by atoms with Crippen LogP contribution in [0.4, 0.5) is 0 Å². The second kappa shape index (κ2) is 6.27. The van der Waals surface area contributed by atoms with Crippen molar-refractivity contribution < 1.29 is 9.47 Å². The standard InChI is InChI=1S/C20H22O2/c1-4-11-21-19-10-9-17-12-15-7-5-6-8-16(15)13-18(17)20(19)22-14(2)3/h5-10,12-14H,4,11H2,1-3H3. The number of ether oxygens (including phenoxy) is 2. The largest absolute Gasteiger partial charge is 0.490 e. The van der Waals surface area contributed by atoms with E-state index in [1.54, 1.807) is 0 Å². The molecule has 3 aromatic carbocycles. The van der Waals surface area contributed by atoms with Gasteiger partial charge in [-0.05, 0) is 54.6 Å². The predicted octanol–water partition coefficient (Wildman–Crippen LogP) is 5.57. The van der Waals surface area contributed by atoms with Crippen molar-refractivity contribution in [3.63, 3.8) is 0 Å². The number of benzene rings is 3. The van der Waals surface area contributed by atoms with Gasteiger partial charge in [0.25, 0.3) is 0 Å². The number of rotatable bonds is 5. The van der Waals surface area contributed by atoms with Gasteiger partial charge in [-0.1, -0.05) is 37.3 Å². The second-order valence-electron chi connectivity index (χ2n) is 5.83. The minimum atomic E-state index is 0.112. The van der Waals surface area contributed by atoms with Crippen LogP contribution in [0.3, 0.4) is 0 Å². The Morgan fingerprint density at radius 1 is 0.909 bits per heavy atom. The van der Waals surface area contributed by atoms with Crippen molar-refractivity contribution >= 4 is 21.5 Å². The van der Waals surface area contributed by atoms with Crippen molar-refractivity contribution in [1.29, 1.82) is 0 Å². The molecule has 0 bridgehead atoms. The van der Waals surface area contributed by atoms with Gasteiger partial charge in [0.1, 0.15) is 0 Å². The first kappa shape index (κ1) is 14.7. The lowest BCUT2D eigenvalue weighted by Crippen LogP contribution is -2.08. The molecule has 0 spiro atoms. The second-order valence-corrected chi connectivity index (χ2v) is 5.83. The van der Waals surface area contributed by atoms with E-state index in [0.717, 1.165) is 23.3 Å². The maximum absolute atomic E-state index is 6.08.